The van der Waals surface area contributed by atoms with Crippen LogP contribution in [0.25, 0.3) is 0 Å². The summed E-state index contributed by atoms with van der Waals surface area (Å²) in [6.45, 7) is 7.28. The van der Waals surface area contributed by atoms with Crippen molar-refractivity contribution in [2.75, 3.05) is 20.3 Å². The summed E-state index contributed by atoms with van der Waals surface area (Å²) >= 11 is 0. The van der Waals surface area contributed by atoms with Gasteiger partial charge in [-0.2, -0.15) is 0 Å². The largest absolute Gasteiger partial charge is 0.493 e. The summed E-state index contributed by atoms with van der Waals surface area (Å²) in [5, 5.41) is 3.80. The highest BCUT2D eigenvalue weighted by Gasteiger charge is 2.07. The van der Waals surface area contributed by atoms with Crippen LogP contribution in [0.5, 0.6) is 11.5 Å². The number of nitrogens with zero attached hydrogens (tertiary/aromatic N) is 1. The normalized spacial score (nSPS) is 11.2. The number of aryl methyl sites for hydroxylation is 2. The average Bonchev–Trinajstić information content (AvgIpc) is 2.63. The van der Waals surface area contributed by atoms with E-state index in [0.717, 1.165) is 34.6 Å². The van der Waals surface area contributed by atoms with Crippen molar-refractivity contribution in [3.8, 4) is 11.5 Å². The summed E-state index contributed by atoms with van der Waals surface area (Å²) in [4.78, 5) is 4.72. The van der Waals surface area contributed by atoms with Crippen molar-refractivity contribution in [3.05, 3.63) is 70.8 Å². The van der Waals surface area contributed by atoms with Crippen LogP contribution in [-0.4, -0.2) is 26.5 Å². The molecule has 2 aromatic carbocycles. The van der Waals surface area contributed by atoms with E-state index in [-0.39, 0.29) is 0 Å². The molecule has 138 valence electrons. The van der Waals surface area contributed by atoms with Gasteiger partial charge < -0.3 is 14.3 Å². The maximum atomic E-state index is 6.05. The van der Waals surface area contributed by atoms with E-state index in [4.69, 9.17) is 14.3 Å². The maximum absolute atomic E-state index is 6.05. The Bertz CT molecular complexity index is 743. The fourth-order valence-corrected chi connectivity index (χ4v) is 2.68. The first kappa shape index (κ1) is 19.6. The monoisotopic (exact) mass is 353 g/mol. The van der Waals surface area contributed by atoms with Crippen molar-refractivity contribution in [2.45, 2.75) is 27.2 Å². The van der Waals surface area contributed by atoms with Gasteiger partial charge in [-0.05, 0) is 61.2 Å². The van der Waals surface area contributed by atoms with Gasteiger partial charge in [0.2, 0.25) is 0 Å². The topological polar surface area (TPSA) is 40.0 Å². The van der Waals surface area contributed by atoms with Gasteiger partial charge in [0, 0.05) is 6.42 Å². The zero-order valence-electron chi connectivity index (χ0n) is 16.0. The molecule has 0 saturated carbocycles. The van der Waals surface area contributed by atoms with Crippen molar-refractivity contribution in [1.29, 1.82) is 0 Å². The molecule has 0 spiro atoms. The van der Waals surface area contributed by atoms with Gasteiger partial charge in [0.25, 0.3) is 0 Å². The van der Waals surface area contributed by atoms with E-state index in [2.05, 4.69) is 17.3 Å². The van der Waals surface area contributed by atoms with Gasteiger partial charge in [-0.25, -0.2) is 0 Å². The van der Waals surface area contributed by atoms with Crippen LogP contribution in [0.15, 0.2) is 53.7 Å². The molecule has 0 aromatic heterocycles. The molecule has 26 heavy (non-hydrogen) atoms. The van der Waals surface area contributed by atoms with Crippen LogP contribution < -0.4 is 9.47 Å². The molecule has 0 N–H and O–H groups in total. The standard InChI is InChI=1S/C22H27NO3/c1-5-6-11-25-21-13-17(2)22(18(3)14-21)26-12-10-19-8-7-9-20(15-19)16-23-24-4/h5-9,13-16H,10-12H2,1-4H3/b6-5+,23-16?. The Labute approximate surface area is 156 Å². The Morgan fingerprint density at radius 2 is 1.81 bits per heavy atom. The number of hydrogen-bond donors (Lipinski definition) is 0. The summed E-state index contributed by atoms with van der Waals surface area (Å²) in [5.74, 6) is 1.80. The summed E-state index contributed by atoms with van der Waals surface area (Å²) < 4.78 is 11.8. The predicted molar refractivity (Wildman–Crippen MR) is 106 cm³/mol. The van der Waals surface area contributed by atoms with E-state index >= 15 is 0 Å². The third kappa shape index (κ3) is 5.96. The zero-order valence-corrected chi connectivity index (χ0v) is 16.0. The van der Waals surface area contributed by atoms with E-state index < -0.39 is 0 Å². The molecule has 0 heterocycles. The van der Waals surface area contributed by atoms with Crippen LogP contribution >= 0.6 is 0 Å². The van der Waals surface area contributed by atoms with Crippen LogP contribution in [0.1, 0.15) is 29.2 Å². The van der Waals surface area contributed by atoms with Crippen LogP contribution in [0.3, 0.4) is 0 Å². The first-order valence-corrected chi connectivity index (χ1v) is 8.77. The highest BCUT2D eigenvalue weighted by molar-refractivity contribution is 5.79. The molecule has 2 aromatic rings. The minimum Gasteiger partial charge on any atom is -0.493 e. The Balaban J connectivity index is 1.96. The van der Waals surface area contributed by atoms with E-state index in [9.17, 15) is 0 Å². The van der Waals surface area contributed by atoms with Crippen molar-refractivity contribution in [2.24, 2.45) is 5.16 Å². The third-order valence-corrected chi connectivity index (χ3v) is 3.91. The number of ether oxygens (including phenoxy) is 2. The molecule has 0 radical (unpaired) electrons. The lowest BCUT2D eigenvalue weighted by Gasteiger charge is -2.14. The number of benzene rings is 2. The van der Waals surface area contributed by atoms with E-state index in [1.54, 1.807) is 6.21 Å². The molecule has 4 nitrogen and oxygen atoms in total. The molecule has 0 aliphatic rings. The molecule has 0 aliphatic carbocycles. The molecule has 0 amide bonds. The lowest BCUT2D eigenvalue weighted by Crippen LogP contribution is -2.05. The molecule has 2 rings (SSSR count). The maximum Gasteiger partial charge on any atom is 0.125 e. The van der Waals surface area contributed by atoms with Gasteiger partial charge >= 0.3 is 0 Å². The van der Waals surface area contributed by atoms with Gasteiger partial charge in [0.1, 0.15) is 25.2 Å². The second kappa shape index (κ2) is 10.3. The van der Waals surface area contributed by atoms with Crippen molar-refractivity contribution in [1.82, 2.24) is 0 Å². The Morgan fingerprint density at radius 3 is 2.50 bits per heavy atom. The highest BCUT2D eigenvalue weighted by Crippen LogP contribution is 2.28. The summed E-state index contributed by atoms with van der Waals surface area (Å²) in [6.07, 6.45) is 6.49. The molecule has 0 aliphatic heterocycles. The minimum atomic E-state index is 0.582. The average molecular weight is 353 g/mol. The van der Waals surface area contributed by atoms with E-state index in [1.807, 2.05) is 57.2 Å². The number of oxime groups is 1. The Morgan fingerprint density at radius 1 is 1.04 bits per heavy atom. The lowest BCUT2D eigenvalue weighted by atomic mass is 10.1. The number of allylic oxidation sites excluding steroid dienone is 1. The lowest BCUT2D eigenvalue weighted by molar-refractivity contribution is 0.215. The summed E-state index contributed by atoms with van der Waals surface area (Å²) in [5.41, 5.74) is 4.38. The molecule has 4 heteroatoms. The Kier molecular flexibility index (Phi) is 7.75. The van der Waals surface area contributed by atoms with Crippen molar-refractivity contribution < 1.29 is 14.3 Å². The SMILES string of the molecule is C/C=C/COc1cc(C)c(OCCc2cccc(C=NOC)c2)c(C)c1. The molecule has 0 bridgehead atoms. The van der Waals surface area contributed by atoms with Crippen molar-refractivity contribution >= 4 is 6.21 Å². The molecule has 0 fully saturated rings. The van der Waals surface area contributed by atoms with E-state index in [0.29, 0.717) is 13.2 Å². The summed E-state index contributed by atoms with van der Waals surface area (Å²) in [6, 6.07) is 12.2. The van der Waals surface area contributed by atoms with Gasteiger partial charge in [0.05, 0.1) is 12.8 Å². The molecule has 0 unspecified atom stereocenters. The first-order valence-electron chi connectivity index (χ1n) is 8.77. The molecule has 0 saturated heterocycles. The minimum absolute atomic E-state index is 0.582. The van der Waals surface area contributed by atoms with Crippen LogP contribution in [0.4, 0.5) is 0 Å². The number of hydrogen-bond acceptors (Lipinski definition) is 4. The fourth-order valence-electron chi connectivity index (χ4n) is 2.68. The first-order chi connectivity index (χ1) is 12.6. The van der Waals surface area contributed by atoms with E-state index in [1.165, 1.54) is 12.7 Å². The van der Waals surface area contributed by atoms with Crippen LogP contribution in [0, 0.1) is 13.8 Å². The van der Waals surface area contributed by atoms with Gasteiger partial charge in [0.15, 0.2) is 0 Å². The molecular formula is C22H27NO3. The highest BCUT2D eigenvalue weighted by atomic mass is 16.6. The predicted octanol–water partition coefficient (Wildman–Crippen LogP) is 4.86. The van der Waals surface area contributed by atoms with Crippen LogP contribution in [-0.2, 0) is 11.3 Å². The van der Waals surface area contributed by atoms with Gasteiger partial charge in [-0.15, -0.1) is 0 Å². The van der Waals surface area contributed by atoms with Gasteiger partial charge in [-0.1, -0.05) is 35.5 Å². The van der Waals surface area contributed by atoms with Crippen LogP contribution in [0.2, 0.25) is 0 Å². The molecule has 0 atom stereocenters. The zero-order chi connectivity index (χ0) is 18.8. The quantitative estimate of drug-likeness (QED) is 0.367. The Hall–Kier alpha value is -2.75. The summed E-state index contributed by atoms with van der Waals surface area (Å²) in [7, 11) is 1.54. The third-order valence-electron chi connectivity index (χ3n) is 3.91. The molecular weight excluding hydrogens is 326 g/mol. The number of rotatable bonds is 9. The fraction of sp³-hybridized carbons (Fsp3) is 0.318. The smallest absolute Gasteiger partial charge is 0.125 e. The second-order valence-corrected chi connectivity index (χ2v) is 6.03. The van der Waals surface area contributed by atoms with Crippen molar-refractivity contribution in [3.63, 3.8) is 0 Å². The second-order valence-electron chi connectivity index (χ2n) is 6.03. The van der Waals surface area contributed by atoms with Gasteiger partial charge in [-0.3, -0.25) is 0 Å².